The summed E-state index contributed by atoms with van der Waals surface area (Å²) in [6.07, 6.45) is 0. The van der Waals surface area contributed by atoms with Gasteiger partial charge in [-0.1, -0.05) is 29.8 Å². The average Bonchev–Trinajstić information content (AvgIpc) is 2.45. The summed E-state index contributed by atoms with van der Waals surface area (Å²) in [5, 5.41) is 6.78. The Morgan fingerprint density at radius 3 is 2.62 bits per heavy atom. The number of anilines is 1. The fraction of sp³-hybridized carbons (Fsp3) is 0.188. The molecule has 0 heterocycles. The average molecular weight is 415 g/mol. The lowest BCUT2D eigenvalue weighted by molar-refractivity contribution is -0.115. The molecule has 21 heavy (non-hydrogen) atoms. The Morgan fingerprint density at radius 1 is 1.24 bits per heavy atom. The second-order valence-electron chi connectivity index (χ2n) is 4.71. The van der Waals surface area contributed by atoms with Crippen LogP contribution in [0, 0.1) is 3.57 Å². The number of benzene rings is 2. The van der Waals surface area contributed by atoms with Crippen LogP contribution in [0.4, 0.5) is 5.69 Å². The predicted octanol–water partition coefficient (Wildman–Crippen LogP) is 4.23. The summed E-state index contributed by atoms with van der Waals surface area (Å²) in [7, 11) is 0. The highest BCUT2D eigenvalue weighted by atomic mass is 127. The minimum atomic E-state index is -0.0576. The van der Waals surface area contributed by atoms with Crippen LogP contribution in [0.2, 0.25) is 5.02 Å². The van der Waals surface area contributed by atoms with E-state index in [0.717, 1.165) is 14.8 Å². The van der Waals surface area contributed by atoms with E-state index in [-0.39, 0.29) is 18.5 Å². The predicted molar refractivity (Wildman–Crippen MR) is 95.7 cm³/mol. The largest absolute Gasteiger partial charge is 0.325 e. The Hall–Kier alpha value is -1.11. The molecule has 0 saturated carbocycles. The van der Waals surface area contributed by atoms with Gasteiger partial charge in [0.15, 0.2) is 0 Å². The lowest BCUT2D eigenvalue weighted by Crippen LogP contribution is -2.30. The number of amides is 1. The van der Waals surface area contributed by atoms with Crippen molar-refractivity contribution in [2.75, 3.05) is 11.9 Å². The Balaban J connectivity index is 1.84. The van der Waals surface area contributed by atoms with Gasteiger partial charge in [-0.25, -0.2) is 0 Å². The summed E-state index contributed by atoms with van der Waals surface area (Å²) < 4.78 is 1.09. The summed E-state index contributed by atoms with van der Waals surface area (Å²) >= 11 is 8.08. The number of hydrogen-bond donors (Lipinski definition) is 2. The van der Waals surface area contributed by atoms with Crippen molar-refractivity contribution in [2.45, 2.75) is 13.0 Å². The van der Waals surface area contributed by atoms with E-state index in [1.807, 2.05) is 55.5 Å². The van der Waals surface area contributed by atoms with E-state index >= 15 is 0 Å². The maximum Gasteiger partial charge on any atom is 0.238 e. The van der Waals surface area contributed by atoms with Gasteiger partial charge in [-0.15, -0.1) is 0 Å². The van der Waals surface area contributed by atoms with Gasteiger partial charge in [-0.2, -0.15) is 0 Å². The highest BCUT2D eigenvalue weighted by Crippen LogP contribution is 2.16. The monoisotopic (exact) mass is 414 g/mol. The molecule has 0 aliphatic carbocycles. The van der Waals surface area contributed by atoms with Crippen LogP contribution in [0.25, 0.3) is 0 Å². The minimum absolute atomic E-state index is 0.0576. The third-order valence-electron chi connectivity index (χ3n) is 3.05. The molecule has 2 N–H and O–H groups in total. The lowest BCUT2D eigenvalue weighted by atomic mass is 10.1. The molecule has 0 radical (unpaired) electrons. The van der Waals surface area contributed by atoms with Crippen LogP contribution < -0.4 is 10.6 Å². The topological polar surface area (TPSA) is 41.1 Å². The van der Waals surface area contributed by atoms with Gasteiger partial charge in [0.1, 0.15) is 0 Å². The maximum atomic E-state index is 11.9. The first-order valence-electron chi connectivity index (χ1n) is 6.59. The van der Waals surface area contributed by atoms with Crippen LogP contribution >= 0.6 is 34.2 Å². The van der Waals surface area contributed by atoms with Gasteiger partial charge in [0, 0.05) is 20.3 Å². The third kappa shape index (κ3) is 5.30. The van der Waals surface area contributed by atoms with Crippen LogP contribution in [-0.2, 0) is 4.79 Å². The molecule has 5 heteroatoms. The minimum Gasteiger partial charge on any atom is -0.325 e. The summed E-state index contributed by atoms with van der Waals surface area (Å²) in [6, 6.07) is 15.4. The fourth-order valence-corrected chi connectivity index (χ4v) is 2.56. The quantitative estimate of drug-likeness (QED) is 0.719. The van der Waals surface area contributed by atoms with Crippen molar-refractivity contribution in [3.63, 3.8) is 0 Å². The Kier molecular flexibility index (Phi) is 6.02. The first kappa shape index (κ1) is 16.3. The zero-order valence-electron chi connectivity index (χ0n) is 11.6. The Labute approximate surface area is 143 Å². The summed E-state index contributed by atoms with van der Waals surface area (Å²) in [4.78, 5) is 11.9. The van der Waals surface area contributed by atoms with Crippen molar-refractivity contribution in [3.8, 4) is 0 Å². The number of nitrogens with one attached hydrogen (secondary N) is 2. The molecule has 2 aromatic carbocycles. The van der Waals surface area contributed by atoms with Crippen molar-refractivity contribution in [1.82, 2.24) is 5.32 Å². The molecule has 0 unspecified atom stereocenters. The highest BCUT2D eigenvalue weighted by molar-refractivity contribution is 14.1. The molecular formula is C16H16ClIN2O. The molecule has 1 amide bonds. The zero-order valence-corrected chi connectivity index (χ0v) is 14.5. The molecule has 0 aliphatic heterocycles. The third-order valence-corrected chi connectivity index (χ3v) is 3.97. The van der Waals surface area contributed by atoms with Crippen molar-refractivity contribution in [3.05, 3.63) is 62.7 Å². The van der Waals surface area contributed by atoms with Gasteiger partial charge in [-0.3, -0.25) is 4.79 Å². The first-order valence-corrected chi connectivity index (χ1v) is 8.04. The normalized spacial score (nSPS) is 12.0. The van der Waals surface area contributed by atoms with Crippen molar-refractivity contribution in [2.24, 2.45) is 0 Å². The van der Waals surface area contributed by atoms with Crippen LogP contribution in [-0.4, -0.2) is 12.5 Å². The SMILES string of the molecule is C[C@H](NCC(=O)Nc1cccc(I)c1)c1ccc(Cl)cc1. The molecule has 0 saturated heterocycles. The van der Waals surface area contributed by atoms with E-state index in [9.17, 15) is 4.79 Å². The zero-order chi connectivity index (χ0) is 15.2. The Bertz CT molecular complexity index is 616. The number of rotatable bonds is 5. The number of halogens is 2. The van der Waals surface area contributed by atoms with Gasteiger partial charge in [0.25, 0.3) is 0 Å². The van der Waals surface area contributed by atoms with E-state index in [1.54, 1.807) is 0 Å². The number of carbonyl (C=O) groups excluding carboxylic acids is 1. The molecule has 0 bridgehead atoms. The molecular weight excluding hydrogens is 399 g/mol. The smallest absolute Gasteiger partial charge is 0.238 e. The van der Waals surface area contributed by atoms with Gasteiger partial charge in [-0.05, 0) is 65.4 Å². The molecule has 2 rings (SSSR count). The van der Waals surface area contributed by atoms with Crippen LogP contribution in [0.5, 0.6) is 0 Å². The lowest BCUT2D eigenvalue weighted by Gasteiger charge is -2.14. The molecule has 0 aromatic heterocycles. The van der Waals surface area contributed by atoms with Gasteiger partial charge in [0.05, 0.1) is 6.54 Å². The van der Waals surface area contributed by atoms with Gasteiger partial charge < -0.3 is 10.6 Å². The van der Waals surface area contributed by atoms with Gasteiger partial charge in [0.2, 0.25) is 5.91 Å². The molecule has 3 nitrogen and oxygen atoms in total. The molecule has 0 spiro atoms. The summed E-state index contributed by atoms with van der Waals surface area (Å²) in [5.74, 6) is -0.0576. The first-order chi connectivity index (χ1) is 10.0. The van der Waals surface area contributed by atoms with E-state index in [2.05, 4.69) is 33.2 Å². The van der Waals surface area contributed by atoms with E-state index in [4.69, 9.17) is 11.6 Å². The van der Waals surface area contributed by atoms with Crippen molar-refractivity contribution < 1.29 is 4.79 Å². The van der Waals surface area contributed by atoms with E-state index in [0.29, 0.717) is 5.02 Å². The van der Waals surface area contributed by atoms with E-state index < -0.39 is 0 Å². The molecule has 110 valence electrons. The molecule has 2 aromatic rings. The fourth-order valence-electron chi connectivity index (χ4n) is 1.89. The van der Waals surface area contributed by atoms with E-state index in [1.165, 1.54) is 0 Å². The summed E-state index contributed by atoms with van der Waals surface area (Å²) in [6.45, 7) is 2.28. The van der Waals surface area contributed by atoms with Crippen molar-refractivity contribution >= 4 is 45.8 Å². The standard InChI is InChI=1S/C16H16ClIN2O/c1-11(12-5-7-13(17)8-6-12)19-10-16(21)20-15-4-2-3-14(18)9-15/h2-9,11,19H,10H2,1H3,(H,20,21)/t11-/m0/s1. The highest BCUT2D eigenvalue weighted by Gasteiger charge is 2.08. The number of hydrogen-bond acceptors (Lipinski definition) is 2. The number of carbonyl (C=O) groups is 1. The second kappa shape index (κ2) is 7.77. The Morgan fingerprint density at radius 2 is 1.95 bits per heavy atom. The van der Waals surface area contributed by atoms with Crippen LogP contribution in [0.3, 0.4) is 0 Å². The van der Waals surface area contributed by atoms with Gasteiger partial charge >= 0.3 is 0 Å². The van der Waals surface area contributed by atoms with Crippen LogP contribution in [0.15, 0.2) is 48.5 Å². The molecule has 0 fully saturated rings. The van der Waals surface area contributed by atoms with Crippen LogP contribution in [0.1, 0.15) is 18.5 Å². The van der Waals surface area contributed by atoms with Crippen molar-refractivity contribution in [1.29, 1.82) is 0 Å². The maximum absolute atomic E-state index is 11.9. The molecule has 1 atom stereocenters. The molecule has 0 aliphatic rings. The second-order valence-corrected chi connectivity index (χ2v) is 6.39. The summed E-state index contributed by atoms with van der Waals surface area (Å²) in [5.41, 5.74) is 1.91.